The lowest BCUT2D eigenvalue weighted by atomic mass is 10.1. The van der Waals surface area contributed by atoms with Gasteiger partial charge >= 0.3 is 0 Å². The molecule has 1 aliphatic heterocycles. The van der Waals surface area contributed by atoms with E-state index in [-0.39, 0.29) is 24.5 Å². The first-order chi connectivity index (χ1) is 11.1. The molecular weight excluding hydrogens is 359 g/mol. The van der Waals surface area contributed by atoms with Crippen LogP contribution in [0, 0.1) is 11.7 Å². The van der Waals surface area contributed by atoms with E-state index < -0.39 is 43.6 Å². The topological polar surface area (TPSA) is 92.8 Å². The second kappa shape index (κ2) is 7.44. The first kappa shape index (κ1) is 19.3. The molecule has 0 amide bonds. The fourth-order valence-electron chi connectivity index (χ4n) is 2.41. The quantitative estimate of drug-likeness (QED) is 0.727. The fourth-order valence-corrected chi connectivity index (χ4v) is 5.02. The van der Waals surface area contributed by atoms with Crippen molar-refractivity contribution in [2.45, 2.75) is 11.8 Å². The minimum atomic E-state index is -3.83. The monoisotopic (exact) mass is 380 g/mol. The van der Waals surface area contributed by atoms with Crippen LogP contribution in [0.5, 0.6) is 0 Å². The Morgan fingerprint density at radius 2 is 1.88 bits per heavy atom. The summed E-state index contributed by atoms with van der Waals surface area (Å²) in [5.41, 5.74) is 0.0568. The average molecular weight is 380 g/mol. The number of benzene rings is 1. The zero-order valence-corrected chi connectivity index (χ0v) is 15.1. The van der Waals surface area contributed by atoms with E-state index in [1.54, 1.807) is 6.07 Å². The van der Waals surface area contributed by atoms with Crippen molar-refractivity contribution in [3.05, 3.63) is 35.6 Å². The van der Waals surface area contributed by atoms with Crippen LogP contribution in [0.3, 0.4) is 0 Å². The maximum absolute atomic E-state index is 13.6. The molecule has 1 aromatic rings. The molecule has 1 fully saturated rings. The Hall–Kier alpha value is -1.07. The molecule has 0 radical (unpaired) electrons. The highest BCUT2D eigenvalue weighted by molar-refractivity contribution is 7.89. The SMILES string of the molecule is CN(C)S(=O)(=O)C[C@@H]1COC[C@H]1NS(=O)(=O)Cc1ccccc1F. The van der Waals surface area contributed by atoms with Crippen LogP contribution in [0.1, 0.15) is 5.56 Å². The van der Waals surface area contributed by atoms with Crippen molar-refractivity contribution in [2.24, 2.45) is 5.92 Å². The molecule has 7 nitrogen and oxygen atoms in total. The lowest BCUT2D eigenvalue weighted by molar-refractivity contribution is 0.185. The van der Waals surface area contributed by atoms with E-state index in [0.29, 0.717) is 0 Å². The normalized spacial score (nSPS) is 22.2. The Morgan fingerprint density at radius 1 is 1.21 bits per heavy atom. The van der Waals surface area contributed by atoms with Gasteiger partial charge in [0, 0.05) is 25.6 Å². The van der Waals surface area contributed by atoms with Crippen LogP contribution in [-0.2, 0) is 30.5 Å². The summed E-state index contributed by atoms with van der Waals surface area (Å²) in [7, 11) is -4.47. The van der Waals surface area contributed by atoms with E-state index in [9.17, 15) is 21.2 Å². The largest absolute Gasteiger partial charge is 0.379 e. The third-order valence-electron chi connectivity index (χ3n) is 3.81. The number of nitrogens with zero attached hydrogens (tertiary/aromatic N) is 1. The van der Waals surface area contributed by atoms with Crippen LogP contribution in [0.25, 0.3) is 0 Å². The minimum Gasteiger partial charge on any atom is -0.379 e. The Morgan fingerprint density at radius 3 is 2.50 bits per heavy atom. The molecule has 0 saturated carbocycles. The van der Waals surface area contributed by atoms with E-state index >= 15 is 0 Å². The van der Waals surface area contributed by atoms with E-state index in [1.165, 1.54) is 32.3 Å². The lowest BCUT2D eigenvalue weighted by Crippen LogP contribution is -2.44. The number of halogens is 1. The van der Waals surface area contributed by atoms with E-state index in [2.05, 4.69) is 4.72 Å². The van der Waals surface area contributed by atoms with E-state index in [1.807, 2.05) is 0 Å². The zero-order chi connectivity index (χ0) is 18.0. The molecule has 24 heavy (non-hydrogen) atoms. The highest BCUT2D eigenvalue weighted by Gasteiger charge is 2.35. The van der Waals surface area contributed by atoms with Gasteiger partial charge in [-0.15, -0.1) is 0 Å². The number of nitrogens with one attached hydrogen (secondary N) is 1. The van der Waals surface area contributed by atoms with Crippen LogP contribution >= 0.6 is 0 Å². The number of hydrogen-bond acceptors (Lipinski definition) is 5. The number of ether oxygens (including phenoxy) is 1. The van der Waals surface area contributed by atoms with Gasteiger partial charge in [0.05, 0.1) is 30.8 Å². The van der Waals surface area contributed by atoms with Gasteiger partial charge in [-0.2, -0.15) is 0 Å². The summed E-state index contributed by atoms with van der Waals surface area (Å²) < 4.78 is 70.9. The van der Waals surface area contributed by atoms with Gasteiger partial charge in [-0.25, -0.2) is 30.3 Å². The Balaban J connectivity index is 2.07. The van der Waals surface area contributed by atoms with Gasteiger partial charge in [-0.1, -0.05) is 18.2 Å². The summed E-state index contributed by atoms with van der Waals surface area (Å²) in [6.07, 6.45) is 0. The highest BCUT2D eigenvalue weighted by atomic mass is 32.2. The predicted octanol–water partition coefficient (Wildman–Crippen LogP) is 0.152. The average Bonchev–Trinajstić information content (AvgIpc) is 2.86. The molecule has 2 atom stereocenters. The van der Waals surface area contributed by atoms with Crippen LogP contribution < -0.4 is 4.72 Å². The summed E-state index contributed by atoms with van der Waals surface area (Å²) in [6, 6.07) is 4.96. The van der Waals surface area contributed by atoms with Crippen molar-refractivity contribution in [1.82, 2.24) is 9.03 Å². The van der Waals surface area contributed by atoms with Gasteiger partial charge in [-0.05, 0) is 6.07 Å². The van der Waals surface area contributed by atoms with Crippen LogP contribution in [0.2, 0.25) is 0 Å². The smallest absolute Gasteiger partial charge is 0.216 e. The molecule has 136 valence electrons. The summed E-state index contributed by atoms with van der Waals surface area (Å²) in [6.45, 7) is 0.240. The summed E-state index contributed by atoms with van der Waals surface area (Å²) >= 11 is 0. The van der Waals surface area contributed by atoms with Crippen molar-refractivity contribution >= 4 is 20.0 Å². The molecule has 10 heteroatoms. The van der Waals surface area contributed by atoms with Crippen molar-refractivity contribution in [3.63, 3.8) is 0 Å². The fraction of sp³-hybridized carbons (Fsp3) is 0.571. The third kappa shape index (κ3) is 4.96. The van der Waals surface area contributed by atoms with Gasteiger partial charge in [0.25, 0.3) is 0 Å². The van der Waals surface area contributed by atoms with Crippen molar-refractivity contribution in [2.75, 3.05) is 33.1 Å². The molecule has 0 spiro atoms. The summed E-state index contributed by atoms with van der Waals surface area (Å²) in [4.78, 5) is 0. The van der Waals surface area contributed by atoms with Crippen LogP contribution in [-0.4, -0.2) is 60.2 Å². The van der Waals surface area contributed by atoms with Crippen LogP contribution in [0.4, 0.5) is 4.39 Å². The van der Waals surface area contributed by atoms with Gasteiger partial charge in [0.15, 0.2) is 0 Å². The molecule has 0 unspecified atom stereocenters. The van der Waals surface area contributed by atoms with Gasteiger partial charge < -0.3 is 4.74 Å². The number of sulfonamides is 2. The first-order valence-electron chi connectivity index (χ1n) is 7.32. The molecule has 1 aliphatic rings. The lowest BCUT2D eigenvalue weighted by Gasteiger charge is -2.21. The molecule has 1 aromatic carbocycles. The van der Waals surface area contributed by atoms with Crippen LogP contribution in [0.15, 0.2) is 24.3 Å². The molecule has 0 bridgehead atoms. The number of hydrogen-bond donors (Lipinski definition) is 1. The van der Waals surface area contributed by atoms with Crippen molar-refractivity contribution in [3.8, 4) is 0 Å². The Bertz CT molecular complexity index is 780. The number of rotatable bonds is 7. The Labute approximate surface area is 141 Å². The second-order valence-electron chi connectivity index (χ2n) is 5.93. The third-order valence-corrected chi connectivity index (χ3v) is 7.13. The van der Waals surface area contributed by atoms with Crippen molar-refractivity contribution in [1.29, 1.82) is 0 Å². The highest BCUT2D eigenvalue weighted by Crippen LogP contribution is 2.19. The molecule has 0 aliphatic carbocycles. The standard InChI is InChI=1S/C14H21FN2O5S2/c1-17(2)24(20,21)10-12-7-22-8-14(12)16-23(18,19)9-11-5-3-4-6-13(11)15/h3-6,12,14,16H,7-10H2,1-2H3/t12-,14+/m0/s1. The van der Waals surface area contributed by atoms with E-state index in [0.717, 1.165) is 4.31 Å². The predicted molar refractivity (Wildman–Crippen MR) is 87.7 cm³/mol. The summed E-state index contributed by atoms with van der Waals surface area (Å²) in [5.74, 6) is -1.82. The Kier molecular flexibility index (Phi) is 5.97. The zero-order valence-electron chi connectivity index (χ0n) is 13.5. The molecule has 1 heterocycles. The van der Waals surface area contributed by atoms with Crippen molar-refractivity contribution < 1.29 is 26.0 Å². The van der Waals surface area contributed by atoms with E-state index in [4.69, 9.17) is 4.74 Å². The summed E-state index contributed by atoms with van der Waals surface area (Å²) in [5, 5.41) is 0. The second-order valence-corrected chi connectivity index (χ2v) is 9.91. The van der Waals surface area contributed by atoms with Gasteiger partial charge in [0.2, 0.25) is 20.0 Å². The molecule has 2 rings (SSSR count). The van der Waals surface area contributed by atoms with Gasteiger partial charge in [-0.3, -0.25) is 0 Å². The maximum atomic E-state index is 13.6. The maximum Gasteiger partial charge on any atom is 0.216 e. The first-order valence-corrected chi connectivity index (χ1v) is 10.6. The minimum absolute atomic E-state index is 0.0568. The van der Waals surface area contributed by atoms with Gasteiger partial charge in [0.1, 0.15) is 5.82 Å². The molecule has 0 aromatic heterocycles. The molecule has 1 saturated heterocycles. The molecular formula is C14H21FN2O5S2. The molecule has 1 N–H and O–H groups in total.